The van der Waals surface area contributed by atoms with Crippen LogP contribution in [0, 0.1) is 11.3 Å². The first-order valence-corrected chi connectivity index (χ1v) is 6.87. The number of nitriles is 1. The van der Waals surface area contributed by atoms with Gasteiger partial charge in [-0.05, 0) is 38.3 Å². The number of nitrogens with zero attached hydrogens (tertiary/aromatic N) is 1. The number of hydrogen-bond donors (Lipinski definition) is 2. The maximum absolute atomic E-state index is 14.0. The molecule has 0 heterocycles. The summed E-state index contributed by atoms with van der Waals surface area (Å²) in [4.78, 5) is 11.8. The van der Waals surface area contributed by atoms with Crippen LogP contribution in [-0.2, 0) is 4.79 Å². The number of anilines is 1. The van der Waals surface area contributed by atoms with Crippen molar-refractivity contribution in [2.75, 3.05) is 5.32 Å². The molecular weight excluding hydrogens is 294 g/mol. The highest BCUT2D eigenvalue weighted by atomic mass is 19.3. The van der Waals surface area contributed by atoms with Gasteiger partial charge in [-0.3, -0.25) is 4.79 Å². The molecule has 0 saturated heterocycles. The van der Waals surface area contributed by atoms with Crippen LogP contribution in [0.1, 0.15) is 26.2 Å². The van der Waals surface area contributed by atoms with E-state index in [0.29, 0.717) is 6.42 Å². The molecule has 1 amide bonds. The molecule has 1 atom stereocenters. The van der Waals surface area contributed by atoms with Crippen molar-refractivity contribution in [1.82, 2.24) is 0 Å². The molecule has 1 aliphatic rings. The SMILES string of the molecule is CC(C#N)Oc1ccccc1NC(=O)C(F)(F)C1(O)CCC1. The van der Waals surface area contributed by atoms with Crippen molar-refractivity contribution in [1.29, 1.82) is 5.26 Å². The minimum atomic E-state index is -3.89. The molecule has 1 unspecified atom stereocenters. The van der Waals surface area contributed by atoms with Crippen LogP contribution in [0.2, 0.25) is 0 Å². The number of carbonyl (C=O) groups is 1. The van der Waals surface area contributed by atoms with Crippen LogP contribution >= 0.6 is 0 Å². The Labute approximate surface area is 126 Å². The minimum Gasteiger partial charge on any atom is -0.474 e. The summed E-state index contributed by atoms with van der Waals surface area (Å²) in [6, 6.07) is 7.82. The van der Waals surface area contributed by atoms with Gasteiger partial charge in [-0.15, -0.1) is 0 Å². The number of carbonyl (C=O) groups excluding carboxylic acids is 1. The van der Waals surface area contributed by atoms with Crippen molar-refractivity contribution in [3.63, 3.8) is 0 Å². The van der Waals surface area contributed by atoms with E-state index in [4.69, 9.17) is 10.00 Å². The van der Waals surface area contributed by atoms with Crippen LogP contribution in [0.3, 0.4) is 0 Å². The topological polar surface area (TPSA) is 82.3 Å². The van der Waals surface area contributed by atoms with Crippen molar-refractivity contribution in [2.45, 2.75) is 43.8 Å². The lowest BCUT2D eigenvalue weighted by Gasteiger charge is -2.41. The Hall–Kier alpha value is -2.20. The predicted molar refractivity (Wildman–Crippen MR) is 74.5 cm³/mol. The smallest absolute Gasteiger partial charge is 0.352 e. The summed E-state index contributed by atoms with van der Waals surface area (Å²) in [6.07, 6.45) is -0.568. The lowest BCUT2D eigenvalue weighted by molar-refractivity contribution is -0.212. The second-order valence-electron chi connectivity index (χ2n) is 5.30. The van der Waals surface area contributed by atoms with E-state index in [1.54, 1.807) is 6.07 Å². The molecule has 118 valence electrons. The van der Waals surface area contributed by atoms with Crippen molar-refractivity contribution < 1.29 is 23.4 Å². The molecule has 0 radical (unpaired) electrons. The Morgan fingerprint density at radius 2 is 2.14 bits per heavy atom. The van der Waals surface area contributed by atoms with Crippen molar-refractivity contribution >= 4 is 11.6 Å². The Bertz CT molecular complexity index is 609. The van der Waals surface area contributed by atoms with E-state index >= 15 is 0 Å². The molecule has 22 heavy (non-hydrogen) atoms. The van der Waals surface area contributed by atoms with Gasteiger partial charge in [0.2, 0.25) is 0 Å². The van der Waals surface area contributed by atoms with Crippen molar-refractivity contribution in [2.24, 2.45) is 0 Å². The van der Waals surface area contributed by atoms with Gasteiger partial charge < -0.3 is 15.2 Å². The average molecular weight is 310 g/mol. The molecule has 2 N–H and O–H groups in total. The normalized spacial score (nSPS) is 17.8. The first-order chi connectivity index (χ1) is 10.3. The van der Waals surface area contributed by atoms with Gasteiger partial charge >= 0.3 is 5.92 Å². The van der Waals surface area contributed by atoms with Crippen molar-refractivity contribution in [3.8, 4) is 11.8 Å². The fourth-order valence-electron chi connectivity index (χ4n) is 2.13. The van der Waals surface area contributed by atoms with Crippen LogP contribution in [0.4, 0.5) is 14.5 Å². The maximum atomic E-state index is 14.0. The quantitative estimate of drug-likeness (QED) is 0.875. The summed E-state index contributed by atoms with van der Waals surface area (Å²) in [7, 11) is 0. The average Bonchev–Trinajstić information content (AvgIpc) is 2.46. The van der Waals surface area contributed by atoms with Crippen molar-refractivity contribution in [3.05, 3.63) is 24.3 Å². The third-order valence-electron chi connectivity index (χ3n) is 3.67. The van der Waals surface area contributed by atoms with Gasteiger partial charge in [0.15, 0.2) is 6.10 Å². The summed E-state index contributed by atoms with van der Waals surface area (Å²) in [5, 5.41) is 20.6. The summed E-state index contributed by atoms with van der Waals surface area (Å²) < 4.78 is 33.3. The minimum absolute atomic E-state index is 0.0252. The van der Waals surface area contributed by atoms with Crippen LogP contribution in [0.25, 0.3) is 0 Å². The second kappa shape index (κ2) is 5.89. The third-order valence-corrected chi connectivity index (χ3v) is 3.67. The number of ether oxygens (including phenoxy) is 1. The zero-order chi connectivity index (χ0) is 16.4. The highest BCUT2D eigenvalue weighted by Crippen LogP contribution is 2.45. The Balaban J connectivity index is 2.17. The van der Waals surface area contributed by atoms with Gasteiger partial charge in [0, 0.05) is 0 Å². The van der Waals surface area contributed by atoms with Gasteiger partial charge in [-0.25, -0.2) is 0 Å². The first-order valence-electron chi connectivity index (χ1n) is 6.87. The number of benzene rings is 1. The molecule has 1 aliphatic carbocycles. The fraction of sp³-hybridized carbons (Fsp3) is 0.467. The van der Waals surface area contributed by atoms with Gasteiger partial charge in [-0.2, -0.15) is 14.0 Å². The largest absolute Gasteiger partial charge is 0.474 e. The second-order valence-corrected chi connectivity index (χ2v) is 5.30. The summed E-state index contributed by atoms with van der Waals surface area (Å²) >= 11 is 0. The van der Waals surface area contributed by atoms with Crippen LogP contribution in [-0.4, -0.2) is 28.6 Å². The number of aliphatic hydroxyl groups is 1. The number of nitrogens with one attached hydrogen (secondary N) is 1. The Kier molecular flexibility index (Phi) is 4.33. The van der Waals surface area contributed by atoms with Crippen LogP contribution in [0.15, 0.2) is 24.3 Å². The molecule has 2 rings (SSSR count). The zero-order valence-electron chi connectivity index (χ0n) is 12.0. The number of halogens is 2. The number of rotatable bonds is 5. The standard InChI is InChI=1S/C15H16F2N2O3/c1-10(9-18)22-12-6-3-2-5-11(12)19-13(20)15(16,17)14(21)7-4-8-14/h2-3,5-6,10,21H,4,7-8H2,1H3,(H,19,20). The molecule has 1 saturated carbocycles. The fourth-order valence-corrected chi connectivity index (χ4v) is 2.13. The third kappa shape index (κ3) is 2.88. The molecule has 0 bridgehead atoms. The monoisotopic (exact) mass is 310 g/mol. The highest BCUT2D eigenvalue weighted by Gasteiger charge is 2.61. The predicted octanol–water partition coefficient (Wildman–Crippen LogP) is 2.47. The Morgan fingerprint density at radius 1 is 1.50 bits per heavy atom. The number of alkyl halides is 2. The summed E-state index contributed by atoms with van der Waals surface area (Å²) in [5.74, 6) is -5.36. The molecule has 5 nitrogen and oxygen atoms in total. The lowest BCUT2D eigenvalue weighted by atomic mass is 9.75. The van der Waals surface area contributed by atoms with E-state index < -0.39 is 23.5 Å². The molecule has 1 aromatic carbocycles. The van der Waals surface area contributed by atoms with E-state index in [1.807, 2.05) is 6.07 Å². The Morgan fingerprint density at radius 3 is 2.68 bits per heavy atom. The maximum Gasteiger partial charge on any atom is 0.352 e. The number of para-hydroxylation sites is 2. The van der Waals surface area contributed by atoms with E-state index in [2.05, 4.69) is 5.32 Å². The molecule has 7 heteroatoms. The highest BCUT2D eigenvalue weighted by molar-refractivity contribution is 5.98. The first kappa shape index (κ1) is 16.2. The molecule has 0 aromatic heterocycles. The lowest BCUT2D eigenvalue weighted by Crippen LogP contribution is -2.59. The molecule has 1 fully saturated rings. The number of amides is 1. The van der Waals surface area contributed by atoms with E-state index in [0.717, 1.165) is 0 Å². The molecule has 0 spiro atoms. The summed E-state index contributed by atoms with van der Waals surface area (Å²) in [5.41, 5.74) is -2.26. The van der Waals surface area contributed by atoms with Crippen LogP contribution in [0.5, 0.6) is 5.75 Å². The van der Waals surface area contributed by atoms with Gasteiger partial charge in [-0.1, -0.05) is 12.1 Å². The molecule has 0 aliphatic heterocycles. The summed E-state index contributed by atoms with van der Waals surface area (Å²) in [6.45, 7) is 1.49. The molecular formula is C15H16F2N2O3. The van der Waals surface area contributed by atoms with Crippen LogP contribution < -0.4 is 10.1 Å². The van der Waals surface area contributed by atoms with E-state index in [1.165, 1.54) is 25.1 Å². The zero-order valence-corrected chi connectivity index (χ0v) is 12.0. The van der Waals surface area contributed by atoms with Gasteiger partial charge in [0.25, 0.3) is 5.91 Å². The van der Waals surface area contributed by atoms with Gasteiger partial charge in [0.1, 0.15) is 17.4 Å². The van der Waals surface area contributed by atoms with E-state index in [-0.39, 0.29) is 24.3 Å². The van der Waals surface area contributed by atoms with E-state index in [9.17, 15) is 18.7 Å². The molecule has 1 aromatic rings. The van der Waals surface area contributed by atoms with Gasteiger partial charge in [0.05, 0.1) is 5.69 Å². The number of hydrogen-bond acceptors (Lipinski definition) is 4.